The predicted molar refractivity (Wildman–Crippen MR) is 74.9 cm³/mol. The maximum absolute atomic E-state index is 12.4. The van der Waals surface area contributed by atoms with Gasteiger partial charge in [-0.3, -0.25) is 9.00 Å². The molecule has 4 nitrogen and oxygen atoms in total. The Hall–Kier alpha value is -0.750. The van der Waals surface area contributed by atoms with Crippen LogP contribution in [0.3, 0.4) is 0 Å². The molecule has 1 aromatic heterocycles. The van der Waals surface area contributed by atoms with Gasteiger partial charge in [0.25, 0.3) is 5.91 Å². The molecule has 0 radical (unpaired) electrons. The topological polar surface area (TPSA) is 50.3 Å². The Bertz CT molecular complexity index is 481. The minimum absolute atomic E-state index is 0.0896. The molecule has 0 spiro atoms. The second-order valence-electron chi connectivity index (χ2n) is 4.50. The molecule has 1 amide bonds. The van der Waals surface area contributed by atoms with E-state index in [1.165, 1.54) is 0 Å². The Kier molecular flexibility index (Phi) is 4.50. The van der Waals surface area contributed by atoms with Crippen LogP contribution in [0.25, 0.3) is 0 Å². The molecule has 0 saturated carbocycles. The van der Waals surface area contributed by atoms with E-state index in [0.29, 0.717) is 34.8 Å². The molecule has 98 valence electrons. The standard InChI is InChI=1S/C12H15BrN2O2S/c1-9-7-15(5-6-18(17)8-9)12(16)11-10(13)3-2-4-14-11/h2-4,9H,5-8H2,1H3/t9-,18-/m1/s1. The van der Waals surface area contributed by atoms with Crippen molar-refractivity contribution in [2.75, 3.05) is 24.6 Å². The van der Waals surface area contributed by atoms with Crippen molar-refractivity contribution in [3.05, 3.63) is 28.5 Å². The lowest BCUT2D eigenvalue weighted by Crippen LogP contribution is -2.36. The van der Waals surface area contributed by atoms with Gasteiger partial charge in [-0.15, -0.1) is 0 Å². The van der Waals surface area contributed by atoms with E-state index in [1.807, 2.05) is 6.92 Å². The van der Waals surface area contributed by atoms with Gasteiger partial charge in [0.2, 0.25) is 0 Å². The summed E-state index contributed by atoms with van der Waals surface area (Å²) in [5.74, 6) is 1.40. The number of aromatic nitrogens is 1. The highest BCUT2D eigenvalue weighted by molar-refractivity contribution is 9.10. The van der Waals surface area contributed by atoms with Crippen LogP contribution in [0, 0.1) is 5.92 Å². The highest BCUT2D eigenvalue weighted by Gasteiger charge is 2.25. The van der Waals surface area contributed by atoms with Crippen molar-refractivity contribution in [3.63, 3.8) is 0 Å². The Balaban J connectivity index is 2.18. The number of carbonyl (C=O) groups is 1. The third-order valence-corrected chi connectivity index (χ3v) is 5.06. The summed E-state index contributed by atoms with van der Waals surface area (Å²) in [6, 6.07) is 3.58. The van der Waals surface area contributed by atoms with Crippen LogP contribution in [0.5, 0.6) is 0 Å². The molecule has 2 rings (SSSR count). The molecule has 2 atom stereocenters. The van der Waals surface area contributed by atoms with Crippen LogP contribution in [0.2, 0.25) is 0 Å². The minimum Gasteiger partial charge on any atom is -0.336 e. The number of rotatable bonds is 1. The number of carbonyl (C=O) groups excluding carboxylic acids is 1. The molecule has 0 N–H and O–H groups in total. The van der Waals surface area contributed by atoms with Crippen LogP contribution < -0.4 is 0 Å². The van der Waals surface area contributed by atoms with Gasteiger partial charge in [-0.05, 0) is 34.0 Å². The van der Waals surface area contributed by atoms with Gasteiger partial charge < -0.3 is 4.90 Å². The number of halogens is 1. The van der Waals surface area contributed by atoms with Crippen LogP contribution in [-0.4, -0.2) is 44.6 Å². The second kappa shape index (κ2) is 5.93. The van der Waals surface area contributed by atoms with E-state index >= 15 is 0 Å². The van der Waals surface area contributed by atoms with Gasteiger partial charge in [-0.2, -0.15) is 0 Å². The normalized spacial score (nSPS) is 24.7. The van der Waals surface area contributed by atoms with Crippen molar-refractivity contribution in [2.24, 2.45) is 5.92 Å². The van der Waals surface area contributed by atoms with Crippen LogP contribution in [0.15, 0.2) is 22.8 Å². The second-order valence-corrected chi connectivity index (χ2v) is 6.98. The third-order valence-electron chi connectivity index (χ3n) is 2.84. The fraction of sp³-hybridized carbons (Fsp3) is 0.500. The predicted octanol–water partition coefficient (Wildman–Crippen LogP) is 1.68. The summed E-state index contributed by atoms with van der Waals surface area (Å²) in [7, 11) is -0.813. The largest absolute Gasteiger partial charge is 0.336 e. The fourth-order valence-corrected chi connectivity index (χ4v) is 3.77. The Morgan fingerprint density at radius 1 is 1.61 bits per heavy atom. The molecule has 1 saturated heterocycles. The summed E-state index contributed by atoms with van der Waals surface area (Å²) in [6.07, 6.45) is 1.61. The van der Waals surface area contributed by atoms with Crippen molar-refractivity contribution < 1.29 is 9.00 Å². The van der Waals surface area contributed by atoms with Gasteiger partial charge >= 0.3 is 0 Å². The molecule has 1 aliphatic rings. The van der Waals surface area contributed by atoms with Crippen molar-refractivity contribution in [3.8, 4) is 0 Å². The van der Waals surface area contributed by atoms with E-state index in [9.17, 15) is 9.00 Å². The van der Waals surface area contributed by atoms with Crippen LogP contribution in [0.4, 0.5) is 0 Å². The van der Waals surface area contributed by atoms with Crippen LogP contribution in [-0.2, 0) is 10.8 Å². The molecule has 1 aliphatic heterocycles. The van der Waals surface area contributed by atoms with E-state index in [-0.39, 0.29) is 11.8 Å². The summed E-state index contributed by atoms with van der Waals surface area (Å²) in [4.78, 5) is 18.2. The highest BCUT2D eigenvalue weighted by atomic mass is 79.9. The molecular weight excluding hydrogens is 316 g/mol. The molecule has 2 heterocycles. The quantitative estimate of drug-likeness (QED) is 0.787. The average Bonchev–Trinajstić information content (AvgIpc) is 2.50. The van der Waals surface area contributed by atoms with Gasteiger partial charge in [-0.1, -0.05) is 6.92 Å². The fourth-order valence-electron chi connectivity index (χ4n) is 2.01. The Morgan fingerprint density at radius 2 is 2.39 bits per heavy atom. The molecule has 0 aromatic carbocycles. The van der Waals surface area contributed by atoms with E-state index < -0.39 is 10.8 Å². The molecule has 0 unspecified atom stereocenters. The first-order valence-electron chi connectivity index (χ1n) is 5.82. The van der Waals surface area contributed by atoms with Crippen LogP contribution in [0.1, 0.15) is 17.4 Å². The number of pyridine rings is 1. The lowest BCUT2D eigenvalue weighted by molar-refractivity contribution is 0.0744. The molecule has 0 bridgehead atoms. The van der Waals surface area contributed by atoms with Gasteiger partial charge in [0.15, 0.2) is 0 Å². The number of hydrogen-bond donors (Lipinski definition) is 0. The van der Waals surface area contributed by atoms with Crippen LogP contribution >= 0.6 is 15.9 Å². The first-order valence-corrected chi connectivity index (χ1v) is 8.11. The number of amides is 1. The third kappa shape index (κ3) is 3.17. The first-order chi connectivity index (χ1) is 8.58. The monoisotopic (exact) mass is 330 g/mol. The van der Waals surface area contributed by atoms with Crippen molar-refractivity contribution in [1.82, 2.24) is 9.88 Å². The molecule has 1 fully saturated rings. The lowest BCUT2D eigenvalue weighted by atomic mass is 10.2. The van der Waals surface area contributed by atoms with Gasteiger partial charge in [0.1, 0.15) is 5.69 Å². The Morgan fingerprint density at radius 3 is 3.11 bits per heavy atom. The Labute approximate surface area is 117 Å². The molecular formula is C12H15BrN2O2S. The average molecular weight is 331 g/mol. The zero-order valence-electron chi connectivity index (χ0n) is 10.1. The highest BCUT2D eigenvalue weighted by Crippen LogP contribution is 2.17. The smallest absolute Gasteiger partial charge is 0.273 e. The summed E-state index contributed by atoms with van der Waals surface area (Å²) in [5, 5.41) is 0. The molecule has 6 heteroatoms. The van der Waals surface area contributed by atoms with E-state index in [2.05, 4.69) is 20.9 Å². The molecule has 0 aliphatic carbocycles. The zero-order chi connectivity index (χ0) is 13.1. The summed E-state index contributed by atoms with van der Waals surface area (Å²) < 4.78 is 12.3. The van der Waals surface area contributed by atoms with Gasteiger partial charge in [0, 0.05) is 46.1 Å². The minimum atomic E-state index is -0.813. The van der Waals surface area contributed by atoms with E-state index in [1.54, 1.807) is 23.2 Å². The van der Waals surface area contributed by atoms with Gasteiger partial charge in [0.05, 0.1) is 0 Å². The summed E-state index contributed by atoms with van der Waals surface area (Å²) in [5.41, 5.74) is 0.428. The zero-order valence-corrected chi connectivity index (χ0v) is 12.5. The SMILES string of the molecule is C[C@@H]1CN(C(=O)c2ncccc2Br)CC[S@@](=O)C1. The first kappa shape index (κ1) is 13.7. The maximum Gasteiger partial charge on any atom is 0.273 e. The van der Waals surface area contributed by atoms with Crippen molar-refractivity contribution in [2.45, 2.75) is 6.92 Å². The number of hydrogen-bond acceptors (Lipinski definition) is 3. The molecule has 1 aromatic rings. The van der Waals surface area contributed by atoms with E-state index in [0.717, 1.165) is 0 Å². The summed E-state index contributed by atoms with van der Waals surface area (Å²) in [6.45, 7) is 3.21. The molecule has 18 heavy (non-hydrogen) atoms. The van der Waals surface area contributed by atoms with Crippen molar-refractivity contribution in [1.29, 1.82) is 0 Å². The van der Waals surface area contributed by atoms with Crippen molar-refractivity contribution >= 4 is 32.6 Å². The maximum atomic E-state index is 12.4. The number of nitrogens with zero attached hydrogens (tertiary/aromatic N) is 2. The summed E-state index contributed by atoms with van der Waals surface area (Å²) >= 11 is 3.34. The lowest BCUT2D eigenvalue weighted by Gasteiger charge is -2.22. The van der Waals surface area contributed by atoms with E-state index in [4.69, 9.17) is 0 Å². The van der Waals surface area contributed by atoms with Gasteiger partial charge in [-0.25, -0.2) is 4.98 Å².